The lowest BCUT2D eigenvalue weighted by atomic mass is 9.33. The van der Waals surface area contributed by atoms with Gasteiger partial charge in [-0.2, -0.15) is 0 Å². The van der Waals surface area contributed by atoms with Gasteiger partial charge in [0.05, 0.1) is 38.8 Å². The molecule has 0 fully saturated rings. The van der Waals surface area contributed by atoms with E-state index in [1.54, 1.807) is 0 Å². The summed E-state index contributed by atoms with van der Waals surface area (Å²) in [5.74, 6) is 0. The smallest absolute Gasteiger partial charge is 0.252 e. The number of benzene rings is 13. The highest BCUT2D eigenvalue weighted by Gasteiger charge is 2.43. The molecule has 18 rings (SSSR count). The molecule has 0 amide bonds. The number of anilines is 3. The molecule has 0 spiro atoms. The van der Waals surface area contributed by atoms with Gasteiger partial charge in [-0.15, -0.1) is 0 Å². The molecule has 13 aromatic carbocycles. The van der Waals surface area contributed by atoms with Gasteiger partial charge in [-0.3, -0.25) is 0 Å². The van der Waals surface area contributed by atoms with Crippen LogP contribution in [0.25, 0.3) is 126 Å². The minimum atomic E-state index is -0.207. The molecule has 0 aliphatic carbocycles. The van der Waals surface area contributed by atoms with Crippen molar-refractivity contribution >= 4 is 127 Å². The average Bonchev–Trinajstić information content (AvgIpc) is 1.50. The van der Waals surface area contributed by atoms with E-state index < -0.39 is 0 Å². The molecule has 3 aromatic heterocycles. The number of nitrogens with zero attached hydrogens (tertiary/aromatic N) is 4. The van der Waals surface area contributed by atoms with Crippen LogP contribution in [-0.4, -0.2) is 20.4 Å². The number of hydrogen-bond donors (Lipinski definition) is 0. The van der Waals surface area contributed by atoms with Gasteiger partial charge in [0.25, 0.3) is 6.71 Å². The van der Waals surface area contributed by atoms with E-state index in [4.69, 9.17) is 0 Å². The van der Waals surface area contributed by atoms with E-state index in [-0.39, 0.29) is 28.4 Å². The first-order valence-corrected chi connectivity index (χ1v) is 35.4. The maximum Gasteiger partial charge on any atom is 0.252 e. The Hall–Kier alpha value is -10.9. The van der Waals surface area contributed by atoms with Gasteiger partial charge in [0, 0.05) is 66.3 Å². The predicted octanol–water partition coefficient (Wildman–Crippen LogP) is 23.5. The Labute approximate surface area is 581 Å². The molecule has 99 heavy (non-hydrogen) atoms. The Kier molecular flexibility index (Phi) is 13.3. The Bertz CT molecular complexity index is 6000. The second-order valence-electron chi connectivity index (χ2n) is 32.2. The minimum Gasteiger partial charge on any atom is -0.311 e. The first kappa shape index (κ1) is 60.5. The van der Waals surface area contributed by atoms with Crippen LogP contribution < -0.4 is 21.3 Å². The van der Waals surface area contributed by atoms with Crippen molar-refractivity contribution in [3.63, 3.8) is 0 Å². The largest absolute Gasteiger partial charge is 0.311 e. The summed E-state index contributed by atoms with van der Waals surface area (Å²) < 4.78 is 7.82. The fraction of sp³-hybridized carbons (Fsp3) is 0.170. The van der Waals surface area contributed by atoms with Crippen LogP contribution in [0.15, 0.2) is 273 Å². The minimum absolute atomic E-state index is 0.0365. The zero-order chi connectivity index (χ0) is 67.8. The molecular weight excluding hydrogens is 1200 g/mol. The zero-order valence-electron chi connectivity index (χ0n) is 58.8. The Morgan fingerprint density at radius 2 is 0.646 bits per heavy atom. The molecule has 2 aliphatic heterocycles. The number of aromatic nitrogens is 3. The molecule has 0 radical (unpaired) electrons. The van der Waals surface area contributed by atoms with E-state index in [1.165, 1.54) is 131 Å². The Morgan fingerprint density at radius 1 is 0.242 bits per heavy atom. The quantitative estimate of drug-likeness (QED) is 0.157. The number of fused-ring (bicyclic) bond motifs is 18. The SMILES string of the molecule is CC(C)(C)c1ccc2c(c1)c1cc(C(C)(C)C)ccc1n2-c1ccc2c(c1)-n1c3ccccc3c3ccccc3c3ccccc3c3ccc4c(c31)B2c1ccc(-n2c3cc(C(C)(C)C)ccc3c3ccc(C(C)(C)C)cc32)cc1N4c1ccc(-c2ccccc2)cc1-c1ccccc1. The molecule has 4 nitrogen and oxygen atoms in total. The molecule has 0 saturated carbocycles. The van der Waals surface area contributed by atoms with Crippen LogP contribution in [0.1, 0.15) is 105 Å². The van der Waals surface area contributed by atoms with Gasteiger partial charge in [-0.25, -0.2) is 0 Å². The van der Waals surface area contributed by atoms with Crippen molar-refractivity contribution in [2.45, 2.75) is 105 Å². The van der Waals surface area contributed by atoms with Crippen molar-refractivity contribution in [3.8, 4) is 39.3 Å². The van der Waals surface area contributed by atoms with Crippen molar-refractivity contribution in [1.82, 2.24) is 13.7 Å². The van der Waals surface area contributed by atoms with Crippen LogP contribution in [0, 0.1) is 0 Å². The van der Waals surface area contributed by atoms with Crippen LogP contribution in [0.2, 0.25) is 0 Å². The molecule has 0 N–H and O–H groups in total. The highest BCUT2D eigenvalue weighted by Crippen LogP contribution is 2.49. The van der Waals surface area contributed by atoms with Crippen molar-refractivity contribution in [2.75, 3.05) is 4.90 Å². The summed E-state index contributed by atoms with van der Waals surface area (Å²) in [4.78, 5) is 2.66. The normalized spacial score (nSPS) is 13.2. The maximum absolute atomic E-state index is 2.69. The summed E-state index contributed by atoms with van der Waals surface area (Å²) in [5, 5.41) is 12.3. The van der Waals surface area contributed by atoms with E-state index in [0.717, 1.165) is 50.8 Å². The van der Waals surface area contributed by atoms with Crippen molar-refractivity contribution in [2.24, 2.45) is 0 Å². The molecule has 5 heterocycles. The van der Waals surface area contributed by atoms with E-state index >= 15 is 0 Å². The van der Waals surface area contributed by atoms with Gasteiger partial charge in [-0.1, -0.05) is 271 Å². The fourth-order valence-corrected chi connectivity index (χ4v) is 16.6. The number of para-hydroxylation sites is 1. The molecule has 2 aliphatic rings. The average molecular weight is 1280 g/mol. The molecule has 5 heteroatoms. The van der Waals surface area contributed by atoms with Gasteiger partial charge < -0.3 is 18.6 Å². The number of hydrogen-bond acceptors (Lipinski definition) is 1. The van der Waals surface area contributed by atoms with Crippen molar-refractivity contribution < 1.29 is 0 Å². The third-order valence-electron chi connectivity index (χ3n) is 21.9. The van der Waals surface area contributed by atoms with Crippen molar-refractivity contribution in [3.05, 3.63) is 295 Å². The third kappa shape index (κ3) is 9.48. The van der Waals surface area contributed by atoms with Crippen LogP contribution in [0.5, 0.6) is 0 Å². The predicted molar refractivity (Wildman–Crippen MR) is 427 cm³/mol. The Balaban J connectivity index is 1.02. The summed E-state index contributed by atoms with van der Waals surface area (Å²) in [6.07, 6.45) is 0. The van der Waals surface area contributed by atoms with Crippen LogP contribution in [0.4, 0.5) is 17.1 Å². The molecule has 0 atom stereocenters. The molecule has 0 bridgehead atoms. The topological polar surface area (TPSA) is 18.0 Å². The van der Waals surface area contributed by atoms with E-state index in [0.29, 0.717) is 0 Å². The highest BCUT2D eigenvalue weighted by atomic mass is 15.2. The highest BCUT2D eigenvalue weighted by molar-refractivity contribution is 7.00. The van der Waals surface area contributed by atoms with Gasteiger partial charge in [-0.05, 0) is 183 Å². The zero-order valence-corrected chi connectivity index (χ0v) is 58.8. The van der Waals surface area contributed by atoms with Crippen LogP contribution in [-0.2, 0) is 21.7 Å². The molecule has 480 valence electrons. The lowest BCUT2D eigenvalue weighted by Crippen LogP contribution is -2.60. The second-order valence-corrected chi connectivity index (χ2v) is 32.2. The third-order valence-corrected chi connectivity index (χ3v) is 21.9. The van der Waals surface area contributed by atoms with Crippen LogP contribution >= 0.6 is 0 Å². The summed E-state index contributed by atoms with van der Waals surface area (Å²) >= 11 is 0. The summed E-state index contributed by atoms with van der Waals surface area (Å²) in [6.45, 7) is 27.8. The first-order chi connectivity index (χ1) is 47.7. The Morgan fingerprint density at radius 3 is 1.19 bits per heavy atom. The lowest BCUT2D eigenvalue weighted by Gasteiger charge is -2.41. The fourth-order valence-electron chi connectivity index (χ4n) is 16.6. The van der Waals surface area contributed by atoms with E-state index in [2.05, 4.69) is 375 Å². The number of rotatable bonds is 5. The van der Waals surface area contributed by atoms with Gasteiger partial charge in [0.2, 0.25) is 0 Å². The van der Waals surface area contributed by atoms with Gasteiger partial charge in [0.1, 0.15) is 0 Å². The lowest BCUT2D eigenvalue weighted by molar-refractivity contribution is 0.590. The van der Waals surface area contributed by atoms with Gasteiger partial charge in [0.15, 0.2) is 0 Å². The summed E-state index contributed by atoms with van der Waals surface area (Å²) in [7, 11) is 0. The molecule has 0 unspecified atom stereocenters. The summed E-state index contributed by atoms with van der Waals surface area (Å²) in [5.41, 5.74) is 27.4. The second kappa shape index (κ2) is 21.8. The van der Waals surface area contributed by atoms with Crippen LogP contribution in [0.3, 0.4) is 0 Å². The first-order valence-electron chi connectivity index (χ1n) is 35.4. The molecule has 16 aromatic rings. The molecule has 0 saturated heterocycles. The van der Waals surface area contributed by atoms with Crippen molar-refractivity contribution in [1.29, 1.82) is 0 Å². The monoisotopic (exact) mass is 1280 g/mol. The molecular formula is C94H81BN4. The van der Waals surface area contributed by atoms with E-state index in [9.17, 15) is 0 Å². The van der Waals surface area contributed by atoms with E-state index in [1.807, 2.05) is 0 Å². The summed E-state index contributed by atoms with van der Waals surface area (Å²) in [6, 6.07) is 105. The standard InChI is InChI=1S/C94H81BN4/c1-91(2,3)61-38-48-82-76(52-61)77-53-62(92(4,5)6)39-49-83(77)96(82)65-40-46-79-88(57-65)99-80-34-24-23-33-71(80)69-31-21-19-29-67(69)68-30-20-22-32-70(68)74-44-50-84-89(90(74)99)95(79)78-45-41-66(97-85-54-63(93(7,8)9)36-42-72(85)73-43-37-64(55-86(73)97)94(10,11)12)56-87(78)98(84)81-47-35-60(58-25-15-13-16-26-58)51-75(81)59-27-17-14-18-28-59/h13-57H,1-12H3. The van der Waals surface area contributed by atoms with Gasteiger partial charge >= 0.3 is 0 Å². The maximum atomic E-state index is 2.69.